The van der Waals surface area contributed by atoms with E-state index in [9.17, 15) is 4.79 Å². The molecule has 2 aromatic rings. The minimum atomic E-state index is -0.841. The number of hydrogen-bond donors (Lipinski definition) is 1. The molecule has 20 heavy (non-hydrogen) atoms. The highest BCUT2D eigenvalue weighted by atomic mass is 32.1. The molecule has 0 saturated carbocycles. The van der Waals surface area contributed by atoms with E-state index in [0.717, 1.165) is 21.0 Å². The minimum absolute atomic E-state index is 0.0223. The van der Waals surface area contributed by atoms with Crippen LogP contribution in [0.1, 0.15) is 16.1 Å². The first-order valence-corrected chi connectivity index (χ1v) is 7.20. The molecule has 1 aromatic carbocycles. The summed E-state index contributed by atoms with van der Waals surface area (Å²) in [6.07, 6.45) is -0.0223. The molecule has 0 bridgehead atoms. The van der Waals surface area contributed by atoms with Gasteiger partial charge < -0.3 is 10.0 Å². The lowest BCUT2D eigenvalue weighted by molar-refractivity contribution is -0.136. The second-order valence-corrected chi connectivity index (χ2v) is 6.10. The molecule has 1 aromatic heterocycles. The maximum absolute atomic E-state index is 11.0. The van der Waals surface area contributed by atoms with Gasteiger partial charge in [0.25, 0.3) is 0 Å². The van der Waals surface area contributed by atoms with E-state index in [1.807, 2.05) is 50.2 Å². The van der Waals surface area contributed by atoms with Gasteiger partial charge in [0, 0.05) is 17.0 Å². The monoisotopic (exact) mass is 290 g/mol. The fourth-order valence-corrected chi connectivity index (χ4v) is 3.29. The van der Waals surface area contributed by atoms with Crippen molar-refractivity contribution in [3.05, 3.63) is 40.4 Å². The van der Waals surface area contributed by atoms with Gasteiger partial charge in [-0.1, -0.05) is 24.3 Å². The highest BCUT2D eigenvalue weighted by Crippen LogP contribution is 2.31. The molecule has 0 spiro atoms. The first-order valence-electron chi connectivity index (χ1n) is 6.38. The maximum atomic E-state index is 11.0. The van der Waals surface area contributed by atoms with Gasteiger partial charge in [-0.2, -0.15) is 0 Å². The van der Waals surface area contributed by atoms with Crippen LogP contribution >= 0.6 is 11.3 Å². The number of thiazole rings is 1. The molecule has 1 N–H and O–H groups in total. The standard InChI is InChI=1S/C15H18N2O2S/c1-10-6-4-5-7-11(10)15-16-12(8-14(18)19)13(20-15)9-17(2)3/h4-7H,8-9H2,1-3H3,(H,18,19). The Labute approximate surface area is 122 Å². The lowest BCUT2D eigenvalue weighted by Gasteiger charge is -2.07. The Balaban J connectivity index is 2.43. The van der Waals surface area contributed by atoms with Crippen LogP contribution < -0.4 is 0 Å². The van der Waals surface area contributed by atoms with Gasteiger partial charge in [0.05, 0.1) is 12.1 Å². The summed E-state index contributed by atoms with van der Waals surface area (Å²) in [4.78, 5) is 18.6. The Hall–Kier alpha value is -1.72. The molecule has 0 aliphatic carbocycles. The highest BCUT2D eigenvalue weighted by Gasteiger charge is 2.16. The normalized spacial score (nSPS) is 11.0. The topological polar surface area (TPSA) is 53.4 Å². The average molecular weight is 290 g/mol. The van der Waals surface area contributed by atoms with Gasteiger partial charge in [0.15, 0.2) is 0 Å². The van der Waals surface area contributed by atoms with Gasteiger partial charge in [-0.25, -0.2) is 4.98 Å². The summed E-state index contributed by atoms with van der Waals surface area (Å²) in [7, 11) is 3.94. The Morgan fingerprint density at radius 3 is 2.65 bits per heavy atom. The van der Waals surface area contributed by atoms with Crippen LogP contribution in [0.4, 0.5) is 0 Å². The SMILES string of the molecule is Cc1ccccc1-c1nc(CC(=O)O)c(CN(C)C)s1. The van der Waals surface area contributed by atoms with Gasteiger partial charge in [-0.05, 0) is 26.6 Å². The summed E-state index contributed by atoms with van der Waals surface area (Å²) in [5.74, 6) is -0.841. The maximum Gasteiger partial charge on any atom is 0.309 e. The van der Waals surface area contributed by atoms with Crippen molar-refractivity contribution in [2.24, 2.45) is 0 Å². The Morgan fingerprint density at radius 2 is 2.05 bits per heavy atom. The zero-order valence-corrected chi connectivity index (χ0v) is 12.7. The van der Waals surface area contributed by atoms with E-state index < -0.39 is 5.97 Å². The van der Waals surface area contributed by atoms with Crippen LogP contribution in [0.5, 0.6) is 0 Å². The summed E-state index contributed by atoms with van der Waals surface area (Å²) >= 11 is 1.58. The van der Waals surface area contributed by atoms with Crippen molar-refractivity contribution in [3.8, 4) is 10.6 Å². The molecular weight excluding hydrogens is 272 g/mol. The van der Waals surface area contributed by atoms with Crippen LogP contribution in [0.15, 0.2) is 24.3 Å². The van der Waals surface area contributed by atoms with E-state index in [0.29, 0.717) is 12.2 Å². The molecule has 106 valence electrons. The summed E-state index contributed by atoms with van der Waals surface area (Å²) < 4.78 is 0. The molecule has 4 nitrogen and oxygen atoms in total. The first-order chi connectivity index (χ1) is 9.47. The number of aromatic nitrogens is 1. The average Bonchev–Trinajstić information content (AvgIpc) is 2.71. The zero-order valence-electron chi connectivity index (χ0n) is 11.9. The zero-order chi connectivity index (χ0) is 14.7. The summed E-state index contributed by atoms with van der Waals surface area (Å²) in [6.45, 7) is 2.76. The summed E-state index contributed by atoms with van der Waals surface area (Å²) in [6, 6.07) is 8.04. The second kappa shape index (κ2) is 6.15. The molecule has 0 saturated heterocycles. The van der Waals surface area contributed by atoms with Crippen LogP contribution in [0.3, 0.4) is 0 Å². The molecular formula is C15H18N2O2S. The van der Waals surface area contributed by atoms with E-state index in [-0.39, 0.29) is 6.42 Å². The van der Waals surface area contributed by atoms with Crippen molar-refractivity contribution in [2.75, 3.05) is 14.1 Å². The van der Waals surface area contributed by atoms with Crippen LogP contribution in [0.2, 0.25) is 0 Å². The van der Waals surface area contributed by atoms with Crippen LogP contribution in [0.25, 0.3) is 10.6 Å². The van der Waals surface area contributed by atoms with E-state index >= 15 is 0 Å². The molecule has 0 fully saturated rings. The number of benzene rings is 1. The van der Waals surface area contributed by atoms with Crippen LogP contribution in [-0.4, -0.2) is 35.1 Å². The predicted molar refractivity (Wildman–Crippen MR) is 81.0 cm³/mol. The quantitative estimate of drug-likeness (QED) is 0.920. The van der Waals surface area contributed by atoms with Crippen molar-refractivity contribution >= 4 is 17.3 Å². The fourth-order valence-electron chi connectivity index (χ4n) is 2.00. The number of carboxylic acid groups (broad SMARTS) is 1. The van der Waals surface area contributed by atoms with Crippen LogP contribution in [0, 0.1) is 6.92 Å². The minimum Gasteiger partial charge on any atom is -0.481 e. The lowest BCUT2D eigenvalue weighted by atomic mass is 10.1. The van der Waals surface area contributed by atoms with Crippen LogP contribution in [-0.2, 0) is 17.8 Å². The number of carbonyl (C=O) groups is 1. The lowest BCUT2D eigenvalue weighted by Crippen LogP contribution is -2.12. The molecule has 0 radical (unpaired) electrons. The van der Waals surface area contributed by atoms with Gasteiger partial charge in [0.1, 0.15) is 5.01 Å². The van der Waals surface area contributed by atoms with E-state index in [1.54, 1.807) is 11.3 Å². The Kier molecular flexibility index (Phi) is 4.52. The van der Waals surface area contributed by atoms with Crippen molar-refractivity contribution in [1.82, 2.24) is 9.88 Å². The van der Waals surface area contributed by atoms with Crippen molar-refractivity contribution in [1.29, 1.82) is 0 Å². The number of hydrogen-bond acceptors (Lipinski definition) is 4. The first kappa shape index (κ1) is 14.7. The Morgan fingerprint density at radius 1 is 1.35 bits per heavy atom. The molecule has 0 aliphatic rings. The molecule has 0 aliphatic heterocycles. The number of aliphatic carboxylic acids is 1. The van der Waals surface area contributed by atoms with Crippen molar-refractivity contribution < 1.29 is 9.90 Å². The van der Waals surface area contributed by atoms with Gasteiger partial charge in [0.2, 0.25) is 0 Å². The van der Waals surface area contributed by atoms with Crippen molar-refractivity contribution in [3.63, 3.8) is 0 Å². The number of nitrogens with zero attached hydrogens (tertiary/aromatic N) is 2. The third-order valence-electron chi connectivity index (χ3n) is 2.93. The van der Waals surface area contributed by atoms with Gasteiger partial charge in [-0.15, -0.1) is 11.3 Å². The molecule has 0 unspecified atom stereocenters. The number of rotatable bonds is 5. The van der Waals surface area contributed by atoms with E-state index in [1.165, 1.54) is 0 Å². The smallest absolute Gasteiger partial charge is 0.309 e. The third kappa shape index (κ3) is 3.43. The molecule has 0 atom stereocenters. The Bertz CT molecular complexity index is 620. The second-order valence-electron chi connectivity index (χ2n) is 5.01. The number of aryl methyl sites for hydroxylation is 1. The molecule has 2 rings (SSSR count). The van der Waals surface area contributed by atoms with Gasteiger partial charge in [-0.3, -0.25) is 4.79 Å². The van der Waals surface area contributed by atoms with Gasteiger partial charge >= 0.3 is 5.97 Å². The summed E-state index contributed by atoms with van der Waals surface area (Å²) in [5.41, 5.74) is 2.91. The number of carboxylic acids is 1. The summed E-state index contributed by atoms with van der Waals surface area (Å²) in [5, 5.41) is 9.91. The molecule has 5 heteroatoms. The molecule has 0 amide bonds. The van der Waals surface area contributed by atoms with E-state index in [4.69, 9.17) is 5.11 Å². The highest BCUT2D eigenvalue weighted by molar-refractivity contribution is 7.15. The van der Waals surface area contributed by atoms with E-state index in [2.05, 4.69) is 4.98 Å². The third-order valence-corrected chi connectivity index (χ3v) is 4.05. The molecule has 1 heterocycles. The fraction of sp³-hybridized carbons (Fsp3) is 0.333. The predicted octanol–water partition coefficient (Wildman–Crippen LogP) is 2.81. The van der Waals surface area contributed by atoms with Crippen molar-refractivity contribution in [2.45, 2.75) is 19.9 Å². The largest absolute Gasteiger partial charge is 0.481 e.